The Morgan fingerprint density at radius 3 is 1.36 bits per heavy atom. The predicted octanol–water partition coefficient (Wildman–Crippen LogP) is 22.0. The molecule has 0 amide bonds. The molecule has 17 rings (SSSR count). The van der Waals surface area contributed by atoms with Gasteiger partial charge in [0.2, 0.25) is 6.71 Å². The largest absolute Gasteiger partial charge is 0.456 e. The molecule has 15 aromatic rings. The molecule has 0 fully saturated rings. The molecule has 4 heterocycles. The Morgan fingerprint density at radius 1 is 0.352 bits per heavy atom. The van der Waals surface area contributed by atoms with E-state index in [0.29, 0.717) is 0 Å². The second-order valence-electron chi connectivity index (χ2n) is 26.8. The number of fused-ring (bicyclic) bond motifs is 11. The molecular formula is C86H65BN2OS. The van der Waals surface area contributed by atoms with Crippen LogP contribution in [-0.2, 0) is 10.8 Å². The van der Waals surface area contributed by atoms with Crippen LogP contribution < -0.4 is 21.3 Å². The van der Waals surface area contributed by atoms with Crippen LogP contribution in [0.2, 0.25) is 0 Å². The summed E-state index contributed by atoms with van der Waals surface area (Å²) >= 11 is 1.90. The van der Waals surface area contributed by atoms with Crippen LogP contribution in [0.5, 0.6) is 0 Å². The van der Waals surface area contributed by atoms with Crippen molar-refractivity contribution in [3.05, 3.63) is 296 Å². The van der Waals surface area contributed by atoms with E-state index in [-0.39, 0.29) is 17.5 Å². The van der Waals surface area contributed by atoms with Crippen LogP contribution in [0.15, 0.2) is 299 Å². The highest BCUT2D eigenvalue weighted by molar-refractivity contribution is 8.00. The predicted molar refractivity (Wildman–Crippen MR) is 388 cm³/mol. The molecule has 0 saturated carbocycles. The van der Waals surface area contributed by atoms with Crippen molar-refractivity contribution in [1.29, 1.82) is 0 Å². The molecule has 2 aliphatic heterocycles. The van der Waals surface area contributed by atoms with Gasteiger partial charge in [-0.3, -0.25) is 0 Å². The summed E-state index contributed by atoms with van der Waals surface area (Å²) in [6, 6.07) is 107. The summed E-state index contributed by atoms with van der Waals surface area (Å²) in [6.07, 6.45) is 0. The normalized spacial score (nSPS) is 12.9. The van der Waals surface area contributed by atoms with Gasteiger partial charge < -0.3 is 13.9 Å². The van der Waals surface area contributed by atoms with Crippen molar-refractivity contribution in [2.75, 3.05) is 4.90 Å². The van der Waals surface area contributed by atoms with Crippen molar-refractivity contribution in [1.82, 2.24) is 4.57 Å². The maximum absolute atomic E-state index is 6.99. The van der Waals surface area contributed by atoms with Gasteiger partial charge in [0.15, 0.2) is 0 Å². The van der Waals surface area contributed by atoms with Crippen LogP contribution in [0.25, 0.3) is 116 Å². The van der Waals surface area contributed by atoms with Gasteiger partial charge in [-0.15, -0.1) is 0 Å². The van der Waals surface area contributed by atoms with Crippen molar-refractivity contribution in [3.63, 3.8) is 0 Å². The molecule has 0 N–H and O–H groups in total. The monoisotopic (exact) mass is 1180 g/mol. The molecule has 91 heavy (non-hydrogen) atoms. The van der Waals surface area contributed by atoms with E-state index < -0.39 is 0 Å². The highest BCUT2D eigenvalue weighted by Crippen LogP contribution is 2.52. The fraction of sp³-hybridized carbons (Fsp3) is 0.0930. The molecule has 0 aliphatic carbocycles. The summed E-state index contributed by atoms with van der Waals surface area (Å²) in [6.45, 7) is 13.8. The number of para-hydroxylation sites is 1. The lowest BCUT2D eigenvalue weighted by Gasteiger charge is -2.42. The summed E-state index contributed by atoms with van der Waals surface area (Å²) < 4.78 is 9.53. The number of rotatable bonds is 8. The van der Waals surface area contributed by atoms with E-state index in [1.165, 1.54) is 92.6 Å². The molecule has 0 unspecified atom stereocenters. The van der Waals surface area contributed by atoms with Crippen LogP contribution in [0.1, 0.15) is 52.7 Å². The van der Waals surface area contributed by atoms with Gasteiger partial charge in [0, 0.05) is 59.5 Å². The number of nitrogens with zero attached hydrogens (tertiary/aromatic N) is 2. The lowest BCUT2D eigenvalue weighted by atomic mass is 9.34. The molecule has 2 aromatic heterocycles. The standard InChI is InChI=1S/C86H65BN2OS/c1-85(2,3)64-36-41-74-69(51-64)70-52-65(86(4,5)6)37-42-75(70)88(74)66-38-39-72-76(53-66)89(83-67(57-29-18-10-19-30-57)33-22-34-68(83)58-31-20-11-21-32-58)77-49-63(56-27-16-9-17-28-56)50-80-82(77)87(72)73-40-44-79-81(84(73)91-80)71-48-59(35-43-78(71)90-79)62-46-60(54-23-12-7-13-24-54)45-61(47-62)55-25-14-8-15-26-55/h7-53H,1-6H3. The Balaban J connectivity index is 0.952. The Hall–Kier alpha value is -10.3. The smallest absolute Gasteiger partial charge is 0.249 e. The first-order chi connectivity index (χ1) is 44.4. The summed E-state index contributed by atoms with van der Waals surface area (Å²) in [4.78, 5) is 5.13. The number of anilines is 3. The average Bonchev–Trinajstić information content (AvgIpc) is 1.17. The minimum Gasteiger partial charge on any atom is -0.456 e. The fourth-order valence-corrected chi connectivity index (χ4v) is 15.9. The summed E-state index contributed by atoms with van der Waals surface area (Å²) in [5.74, 6) is 0. The Morgan fingerprint density at radius 2 is 0.835 bits per heavy atom. The molecule has 5 heteroatoms. The van der Waals surface area contributed by atoms with E-state index in [0.717, 1.165) is 77.9 Å². The number of furan rings is 1. The summed E-state index contributed by atoms with van der Waals surface area (Å²) in [7, 11) is 0. The molecule has 434 valence electrons. The van der Waals surface area contributed by atoms with Gasteiger partial charge in [-0.05, 0) is 173 Å². The average molecular weight is 1190 g/mol. The number of benzene rings is 13. The maximum Gasteiger partial charge on any atom is 0.249 e. The third-order valence-electron chi connectivity index (χ3n) is 19.1. The Bertz CT molecular complexity index is 5200. The van der Waals surface area contributed by atoms with Crippen molar-refractivity contribution in [3.8, 4) is 72.4 Å². The topological polar surface area (TPSA) is 21.3 Å². The van der Waals surface area contributed by atoms with Gasteiger partial charge >= 0.3 is 0 Å². The number of hydrogen-bond acceptors (Lipinski definition) is 3. The van der Waals surface area contributed by atoms with Crippen LogP contribution in [-0.4, -0.2) is 11.3 Å². The van der Waals surface area contributed by atoms with E-state index in [1.54, 1.807) is 0 Å². The zero-order valence-corrected chi connectivity index (χ0v) is 52.7. The molecule has 0 radical (unpaired) electrons. The zero-order valence-electron chi connectivity index (χ0n) is 51.9. The van der Waals surface area contributed by atoms with Gasteiger partial charge in [0.1, 0.15) is 11.2 Å². The number of aromatic nitrogens is 1. The first-order valence-corrected chi connectivity index (χ1v) is 32.6. The van der Waals surface area contributed by atoms with Crippen molar-refractivity contribution < 1.29 is 4.42 Å². The molecule has 13 aromatic carbocycles. The van der Waals surface area contributed by atoms with Crippen LogP contribution in [0.3, 0.4) is 0 Å². The SMILES string of the molecule is CC(C)(C)c1ccc2c(c1)c1cc(C(C)(C)C)ccc1n2-c1ccc2c(c1)N(c1c(-c3ccccc3)cccc1-c1ccccc1)c1cc(-c3ccccc3)cc3c1B2c1ccc2oc4ccc(-c5cc(-c6ccccc6)cc(-c6ccccc6)c5)cc4c2c1S3. The first-order valence-electron chi connectivity index (χ1n) is 31.8. The Labute approximate surface area is 537 Å². The molecule has 0 spiro atoms. The summed E-state index contributed by atoms with van der Waals surface area (Å²) in [5.41, 5.74) is 29.1. The van der Waals surface area contributed by atoms with Gasteiger partial charge in [0.25, 0.3) is 0 Å². The lowest BCUT2D eigenvalue weighted by molar-refractivity contribution is 0.590. The zero-order chi connectivity index (χ0) is 61.3. The van der Waals surface area contributed by atoms with E-state index in [4.69, 9.17) is 4.42 Å². The highest BCUT2D eigenvalue weighted by Gasteiger charge is 2.44. The van der Waals surface area contributed by atoms with Crippen molar-refractivity contribution in [2.24, 2.45) is 0 Å². The van der Waals surface area contributed by atoms with Crippen LogP contribution in [0.4, 0.5) is 17.1 Å². The number of hydrogen-bond donors (Lipinski definition) is 0. The first kappa shape index (κ1) is 54.8. The second-order valence-corrected chi connectivity index (χ2v) is 27.9. The van der Waals surface area contributed by atoms with Crippen LogP contribution >= 0.6 is 11.8 Å². The third kappa shape index (κ3) is 9.19. The van der Waals surface area contributed by atoms with Gasteiger partial charge in [-0.25, -0.2) is 0 Å². The van der Waals surface area contributed by atoms with Crippen molar-refractivity contribution >= 4 is 95.7 Å². The fourth-order valence-electron chi connectivity index (χ4n) is 14.5. The minimum atomic E-state index is -0.134. The summed E-state index contributed by atoms with van der Waals surface area (Å²) in [5, 5.41) is 4.79. The molecule has 0 bridgehead atoms. The second kappa shape index (κ2) is 21.2. The van der Waals surface area contributed by atoms with Crippen LogP contribution in [0, 0.1) is 0 Å². The molecular weight excluding hydrogens is 1120 g/mol. The molecule has 0 atom stereocenters. The quantitative estimate of drug-likeness (QED) is 0.142. The van der Waals surface area contributed by atoms with Crippen molar-refractivity contribution in [2.45, 2.75) is 62.2 Å². The van der Waals surface area contributed by atoms with E-state index in [2.05, 4.69) is 336 Å². The minimum absolute atomic E-state index is 0.0315. The molecule has 3 nitrogen and oxygen atoms in total. The maximum atomic E-state index is 6.99. The van der Waals surface area contributed by atoms with Gasteiger partial charge in [-0.2, -0.15) is 0 Å². The third-order valence-corrected chi connectivity index (χ3v) is 20.3. The highest BCUT2D eigenvalue weighted by atomic mass is 32.2. The van der Waals surface area contributed by atoms with E-state index in [1.807, 2.05) is 11.8 Å². The van der Waals surface area contributed by atoms with E-state index in [9.17, 15) is 0 Å². The van der Waals surface area contributed by atoms with Gasteiger partial charge in [-0.1, -0.05) is 259 Å². The van der Waals surface area contributed by atoms with E-state index >= 15 is 0 Å². The van der Waals surface area contributed by atoms with Gasteiger partial charge in [0.05, 0.1) is 16.7 Å². The Kier molecular flexibility index (Phi) is 12.7. The molecule has 0 saturated heterocycles. The lowest BCUT2D eigenvalue weighted by Crippen LogP contribution is -2.60. The molecule has 2 aliphatic rings.